The van der Waals surface area contributed by atoms with Crippen molar-refractivity contribution in [1.29, 1.82) is 0 Å². The van der Waals surface area contributed by atoms with Gasteiger partial charge in [0.15, 0.2) is 5.78 Å². The van der Waals surface area contributed by atoms with Crippen LogP contribution in [-0.4, -0.2) is 11.6 Å². The van der Waals surface area contributed by atoms with E-state index in [0.29, 0.717) is 30.0 Å². The summed E-state index contributed by atoms with van der Waals surface area (Å²) in [6, 6.07) is 0. The van der Waals surface area contributed by atoms with E-state index in [4.69, 9.17) is 6.42 Å². The first-order chi connectivity index (χ1) is 10.5. The summed E-state index contributed by atoms with van der Waals surface area (Å²) < 4.78 is 0. The molecule has 3 saturated carbocycles. The van der Waals surface area contributed by atoms with Crippen molar-refractivity contribution in [2.24, 2.45) is 28.6 Å². The van der Waals surface area contributed by atoms with Gasteiger partial charge in [0, 0.05) is 18.3 Å². The topological polar surface area (TPSA) is 34.1 Å². The number of ketones is 2. The molecular weight excluding hydrogens is 272 g/mol. The van der Waals surface area contributed by atoms with E-state index >= 15 is 0 Å². The number of allylic oxidation sites excluding steroid dienone is 1. The van der Waals surface area contributed by atoms with Crippen LogP contribution in [-0.2, 0) is 9.59 Å². The van der Waals surface area contributed by atoms with Crippen LogP contribution < -0.4 is 0 Å². The molecule has 5 atom stereocenters. The van der Waals surface area contributed by atoms with Crippen molar-refractivity contribution in [2.75, 3.05) is 0 Å². The number of hydrogen-bond donors (Lipinski definition) is 0. The van der Waals surface area contributed by atoms with Crippen LogP contribution in [0.3, 0.4) is 0 Å². The van der Waals surface area contributed by atoms with Gasteiger partial charge in [0.2, 0.25) is 0 Å². The third-order valence-corrected chi connectivity index (χ3v) is 7.46. The molecule has 116 valence electrons. The monoisotopic (exact) mass is 296 g/mol. The van der Waals surface area contributed by atoms with Gasteiger partial charge in [0.25, 0.3) is 0 Å². The van der Waals surface area contributed by atoms with Crippen molar-refractivity contribution < 1.29 is 9.59 Å². The molecule has 0 unspecified atom stereocenters. The summed E-state index contributed by atoms with van der Waals surface area (Å²) in [5.74, 6) is 5.43. The molecule has 0 aliphatic heterocycles. The van der Waals surface area contributed by atoms with Gasteiger partial charge < -0.3 is 0 Å². The molecule has 2 heteroatoms. The number of fused-ring (bicyclic) bond motifs is 5. The van der Waals surface area contributed by atoms with Gasteiger partial charge in [-0.15, -0.1) is 6.42 Å². The largest absolute Gasteiger partial charge is 0.299 e. The van der Waals surface area contributed by atoms with E-state index < -0.39 is 0 Å². The summed E-state index contributed by atoms with van der Waals surface area (Å²) in [7, 11) is 0. The van der Waals surface area contributed by atoms with Crippen LogP contribution in [0.1, 0.15) is 58.3 Å². The van der Waals surface area contributed by atoms with E-state index in [1.165, 1.54) is 5.57 Å². The third kappa shape index (κ3) is 1.63. The predicted octanol–water partition coefficient (Wildman–Crippen LogP) is 3.70. The minimum atomic E-state index is -0.191. The Hall–Kier alpha value is -1.36. The Labute approximate surface area is 132 Å². The molecule has 4 aliphatic rings. The molecule has 3 fully saturated rings. The maximum Gasteiger partial charge on any atom is 0.155 e. The highest BCUT2D eigenvalue weighted by molar-refractivity contribution is 5.92. The minimum Gasteiger partial charge on any atom is -0.299 e. The maximum atomic E-state index is 12.4. The molecular formula is C20H24O2. The smallest absolute Gasteiger partial charge is 0.155 e. The predicted molar refractivity (Wildman–Crippen MR) is 84.9 cm³/mol. The standard InChI is InChI=1S/C20H24O2/c1-3-20-11-8-14(21)12-13(20)4-5-15-16-6-7-18(22)19(16,2)10-9-17(15)20/h1,12,15-17H,4-11H2,2H3/t15-,16-,17-,19-,20-/m0/s1. The second-order valence-corrected chi connectivity index (χ2v) is 8.09. The van der Waals surface area contributed by atoms with Crippen molar-refractivity contribution >= 4 is 11.6 Å². The second kappa shape index (κ2) is 4.57. The number of Topliss-reactive ketones (excluding diaryl/α,β-unsaturated/α-hetero) is 1. The lowest BCUT2D eigenvalue weighted by molar-refractivity contribution is -0.131. The fourth-order valence-electron chi connectivity index (χ4n) is 6.26. The number of carbonyl (C=O) groups excluding carboxylic acids is 2. The van der Waals surface area contributed by atoms with Gasteiger partial charge in [-0.3, -0.25) is 9.59 Å². The number of hydrogen-bond acceptors (Lipinski definition) is 2. The molecule has 22 heavy (non-hydrogen) atoms. The molecule has 0 radical (unpaired) electrons. The molecule has 0 saturated heterocycles. The van der Waals surface area contributed by atoms with Crippen molar-refractivity contribution in [3.8, 4) is 12.3 Å². The highest BCUT2D eigenvalue weighted by Crippen LogP contribution is 2.64. The van der Waals surface area contributed by atoms with E-state index in [9.17, 15) is 9.59 Å². The zero-order valence-corrected chi connectivity index (χ0v) is 13.4. The quantitative estimate of drug-likeness (QED) is 0.639. The van der Waals surface area contributed by atoms with Gasteiger partial charge in [0.05, 0.1) is 5.41 Å². The first-order valence-corrected chi connectivity index (χ1v) is 8.76. The second-order valence-electron chi connectivity index (χ2n) is 8.09. The van der Waals surface area contributed by atoms with Crippen molar-refractivity contribution in [2.45, 2.75) is 58.3 Å². The van der Waals surface area contributed by atoms with Crippen molar-refractivity contribution in [1.82, 2.24) is 0 Å². The normalized spacial score (nSPS) is 47.1. The van der Waals surface area contributed by atoms with Gasteiger partial charge in [0.1, 0.15) is 5.78 Å². The molecule has 0 bridgehead atoms. The Morgan fingerprint density at radius 2 is 1.91 bits per heavy atom. The summed E-state index contributed by atoms with van der Waals surface area (Å²) >= 11 is 0. The van der Waals surface area contributed by atoms with E-state index in [2.05, 4.69) is 12.8 Å². The lowest BCUT2D eigenvalue weighted by Crippen LogP contribution is -2.51. The highest BCUT2D eigenvalue weighted by atomic mass is 16.1. The summed E-state index contributed by atoms with van der Waals surface area (Å²) in [5.41, 5.74) is 0.937. The van der Waals surface area contributed by atoms with Gasteiger partial charge in [-0.05, 0) is 67.9 Å². The molecule has 0 heterocycles. The van der Waals surface area contributed by atoms with Crippen LogP contribution in [0.25, 0.3) is 0 Å². The molecule has 4 rings (SSSR count). The van der Waals surface area contributed by atoms with Crippen molar-refractivity contribution in [3.63, 3.8) is 0 Å². The Morgan fingerprint density at radius 3 is 2.68 bits per heavy atom. The minimum absolute atomic E-state index is 0.0946. The average molecular weight is 296 g/mol. The van der Waals surface area contributed by atoms with Crippen LogP contribution in [0.2, 0.25) is 0 Å². The average Bonchev–Trinajstić information content (AvgIpc) is 2.82. The summed E-state index contributed by atoms with van der Waals surface area (Å²) in [5, 5.41) is 0. The number of carbonyl (C=O) groups is 2. The third-order valence-electron chi connectivity index (χ3n) is 7.46. The molecule has 0 spiro atoms. The Balaban J connectivity index is 1.75. The number of terminal acetylenes is 1. The van der Waals surface area contributed by atoms with Gasteiger partial charge in [-0.2, -0.15) is 0 Å². The Bertz CT molecular complexity index is 622. The van der Waals surface area contributed by atoms with Crippen LogP contribution in [0.15, 0.2) is 11.6 Å². The fourth-order valence-corrected chi connectivity index (χ4v) is 6.26. The maximum absolute atomic E-state index is 12.4. The molecule has 0 amide bonds. The van der Waals surface area contributed by atoms with Crippen LogP contribution in [0, 0.1) is 40.9 Å². The molecule has 0 aromatic rings. The zero-order chi connectivity index (χ0) is 15.5. The SMILES string of the molecule is C#C[C@]12CCC(=O)C=C1CC[C@@H]1[C@@H]2CC[C@]2(C)C(=O)CC[C@@H]12. The summed E-state index contributed by atoms with van der Waals surface area (Å²) in [6.07, 6.45) is 15.2. The number of rotatable bonds is 0. The Kier molecular flexibility index (Phi) is 2.96. The molecule has 2 nitrogen and oxygen atoms in total. The summed E-state index contributed by atoms with van der Waals surface area (Å²) in [4.78, 5) is 24.2. The van der Waals surface area contributed by atoms with Crippen LogP contribution >= 0.6 is 0 Å². The van der Waals surface area contributed by atoms with Gasteiger partial charge >= 0.3 is 0 Å². The van der Waals surface area contributed by atoms with E-state index in [1.54, 1.807) is 0 Å². The van der Waals surface area contributed by atoms with Crippen LogP contribution in [0.4, 0.5) is 0 Å². The van der Waals surface area contributed by atoms with Crippen molar-refractivity contribution in [3.05, 3.63) is 11.6 Å². The van der Waals surface area contributed by atoms with E-state index in [1.807, 2.05) is 6.08 Å². The first-order valence-electron chi connectivity index (χ1n) is 8.76. The van der Waals surface area contributed by atoms with E-state index in [-0.39, 0.29) is 16.6 Å². The van der Waals surface area contributed by atoms with Crippen LogP contribution in [0.5, 0.6) is 0 Å². The molecule has 0 aromatic carbocycles. The Morgan fingerprint density at radius 1 is 1.09 bits per heavy atom. The summed E-state index contributed by atoms with van der Waals surface area (Å²) in [6.45, 7) is 2.20. The van der Waals surface area contributed by atoms with Gasteiger partial charge in [-0.1, -0.05) is 12.8 Å². The first kappa shape index (κ1) is 14.2. The molecule has 0 N–H and O–H groups in total. The highest BCUT2D eigenvalue weighted by Gasteiger charge is 2.59. The van der Waals surface area contributed by atoms with Gasteiger partial charge in [-0.25, -0.2) is 0 Å². The molecule has 0 aromatic heterocycles. The fraction of sp³-hybridized carbons (Fsp3) is 0.700. The lowest BCUT2D eigenvalue weighted by atomic mass is 9.47. The van der Waals surface area contributed by atoms with E-state index in [0.717, 1.165) is 44.9 Å². The molecule has 4 aliphatic carbocycles. The lowest BCUT2D eigenvalue weighted by Gasteiger charge is -2.56. The zero-order valence-electron chi connectivity index (χ0n) is 13.4.